The van der Waals surface area contributed by atoms with Gasteiger partial charge in [0.15, 0.2) is 0 Å². The first-order valence-electron chi connectivity index (χ1n) is 8.10. The molecule has 0 unspecified atom stereocenters. The van der Waals surface area contributed by atoms with E-state index < -0.39 is 0 Å². The Morgan fingerprint density at radius 1 is 0.840 bits per heavy atom. The monoisotopic (exact) mass is 326 g/mol. The maximum atomic E-state index is 12.3. The number of H-pyrrole nitrogens is 1. The summed E-state index contributed by atoms with van der Waals surface area (Å²) in [5.74, 6) is 0. The number of fused-ring (bicyclic) bond motifs is 2. The fraction of sp³-hybridized carbons (Fsp3) is 0. The lowest BCUT2D eigenvalue weighted by Gasteiger charge is -2.06. The van der Waals surface area contributed by atoms with E-state index in [2.05, 4.69) is 17.1 Å². The van der Waals surface area contributed by atoms with Crippen molar-refractivity contribution in [1.29, 1.82) is 0 Å². The summed E-state index contributed by atoms with van der Waals surface area (Å²) < 4.78 is 7.14. The van der Waals surface area contributed by atoms with E-state index in [1.165, 1.54) is 0 Å². The van der Waals surface area contributed by atoms with E-state index in [0.717, 1.165) is 33.4 Å². The number of rotatable bonds is 2. The summed E-state index contributed by atoms with van der Waals surface area (Å²) in [6.45, 7) is 0. The first-order valence-corrected chi connectivity index (χ1v) is 8.10. The van der Waals surface area contributed by atoms with Crippen LogP contribution in [0.1, 0.15) is 0 Å². The first-order chi connectivity index (χ1) is 12.3. The highest BCUT2D eigenvalue weighted by Crippen LogP contribution is 2.31. The third-order valence-electron chi connectivity index (χ3n) is 4.44. The molecule has 0 atom stereocenters. The van der Waals surface area contributed by atoms with Crippen molar-refractivity contribution in [2.75, 3.05) is 0 Å². The SMILES string of the molecule is O=c1on(-c2ccccc2)c2c(-c3cc4ccccc4[nH]3)cccc12. The number of hydrogen-bond acceptors (Lipinski definition) is 2. The second kappa shape index (κ2) is 5.24. The molecule has 0 aliphatic carbocycles. The Hall–Kier alpha value is -3.53. The third kappa shape index (κ3) is 2.11. The van der Waals surface area contributed by atoms with E-state index in [-0.39, 0.29) is 5.63 Å². The number of benzene rings is 3. The Kier molecular flexibility index (Phi) is 2.91. The highest BCUT2D eigenvalue weighted by Gasteiger charge is 2.16. The van der Waals surface area contributed by atoms with Gasteiger partial charge in [-0.05, 0) is 30.3 Å². The largest absolute Gasteiger partial charge is 0.365 e. The summed E-state index contributed by atoms with van der Waals surface area (Å²) in [5, 5.41) is 1.70. The number of nitrogens with zero attached hydrogens (tertiary/aromatic N) is 1. The molecule has 2 heterocycles. The molecule has 0 amide bonds. The van der Waals surface area contributed by atoms with Gasteiger partial charge in [-0.15, -0.1) is 0 Å². The highest BCUT2D eigenvalue weighted by atomic mass is 16.5. The lowest BCUT2D eigenvalue weighted by molar-refractivity contribution is 0.333. The lowest BCUT2D eigenvalue weighted by atomic mass is 10.1. The van der Waals surface area contributed by atoms with E-state index in [0.29, 0.717) is 5.39 Å². The summed E-state index contributed by atoms with van der Waals surface area (Å²) in [4.78, 5) is 15.8. The Morgan fingerprint density at radius 3 is 2.48 bits per heavy atom. The number of nitrogens with one attached hydrogen (secondary N) is 1. The molecule has 0 fully saturated rings. The summed E-state index contributed by atoms with van der Waals surface area (Å²) in [5.41, 5.74) is 4.20. The Balaban J connectivity index is 1.86. The van der Waals surface area contributed by atoms with Gasteiger partial charge >= 0.3 is 5.63 Å². The number of aromatic amines is 1. The minimum absolute atomic E-state index is 0.336. The van der Waals surface area contributed by atoms with Crippen molar-refractivity contribution in [1.82, 2.24) is 9.72 Å². The zero-order chi connectivity index (χ0) is 16.8. The fourth-order valence-corrected chi connectivity index (χ4v) is 3.29. The molecule has 0 aliphatic rings. The predicted molar refractivity (Wildman–Crippen MR) is 99.1 cm³/mol. The number of aromatic nitrogens is 2. The molecule has 0 saturated heterocycles. The molecule has 25 heavy (non-hydrogen) atoms. The normalized spacial score (nSPS) is 11.4. The molecule has 4 nitrogen and oxygen atoms in total. The van der Waals surface area contributed by atoms with E-state index in [1.54, 1.807) is 10.8 Å². The van der Waals surface area contributed by atoms with Crippen LogP contribution in [0, 0.1) is 0 Å². The second-order valence-corrected chi connectivity index (χ2v) is 5.98. The standard InChI is InChI=1S/C21H14N2O2/c24-21-17-11-6-10-16(19-13-14-7-4-5-12-18(14)22-19)20(17)23(25-21)15-8-2-1-3-9-15/h1-13,22H. The maximum absolute atomic E-state index is 12.3. The van der Waals surface area contributed by atoms with Gasteiger partial charge in [0.1, 0.15) is 5.52 Å². The van der Waals surface area contributed by atoms with Crippen LogP contribution in [0.5, 0.6) is 0 Å². The van der Waals surface area contributed by atoms with Crippen LogP contribution in [0.25, 0.3) is 38.8 Å². The quantitative estimate of drug-likeness (QED) is 0.510. The average molecular weight is 326 g/mol. The molecule has 4 heteroatoms. The smallest absolute Gasteiger partial charge is 0.354 e. The minimum Gasteiger partial charge on any atom is -0.354 e. The van der Waals surface area contributed by atoms with Crippen LogP contribution in [0.2, 0.25) is 0 Å². The molecule has 1 N–H and O–H groups in total. The van der Waals surface area contributed by atoms with Crippen LogP contribution in [0.3, 0.4) is 0 Å². The summed E-state index contributed by atoms with van der Waals surface area (Å²) in [6, 6.07) is 25.5. The number of hydrogen-bond donors (Lipinski definition) is 1. The third-order valence-corrected chi connectivity index (χ3v) is 4.44. The zero-order valence-electron chi connectivity index (χ0n) is 13.3. The van der Waals surface area contributed by atoms with Crippen molar-refractivity contribution in [3.05, 3.63) is 89.3 Å². The van der Waals surface area contributed by atoms with Crippen molar-refractivity contribution in [3.8, 4) is 16.9 Å². The maximum Gasteiger partial charge on any atom is 0.365 e. The van der Waals surface area contributed by atoms with Gasteiger partial charge in [0.25, 0.3) is 0 Å². The topological polar surface area (TPSA) is 50.9 Å². The highest BCUT2D eigenvalue weighted by molar-refractivity contribution is 5.96. The molecule has 0 saturated carbocycles. The fourth-order valence-electron chi connectivity index (χ4n) is 3.29. The molecule has 2 aromatic heterocycles. The number of para-hydroxylation sites is 3. The molecule has 0 spiro atoms. The van der Waals surface area contributed by atoms with Crippen molar-refractivity contribution >= 4 is 21.8 Å². The molecule has 5 aromatic rings. The minimum atomic E-state index is -0.336. The molecular formula is C21H14N2O2. The first kappa shape index (κ1) is 13.9. The van der Waals surface area contributed by atoms with Crippen LogP contribution in [-0.2, 0) is 0 Å². The van der Waals surface area contributed by atoms with Gasteiger partial charge in [-0.3, -0.25) is 0 Å². The molecule has 0 aliphatic heterocycles. The molecule has 0 bridgehead atoms. The van der Waals surface area contributed by atoms with Gasteiger partial charge in [-0.1, -0.05) is 48.5 Å². The zero-order valence-corrected chi connectivity index (χ0v) is 13.3. The van der Waals surface area contributed by atoms with Crippen molar-refractivity contribution in [2.24, 2.45) is 0 Å². The average Bonchev–Trinajstić information content (AvgIpc) is 3.24. The summed E-state index contributed by atoms with van der Waals surface area (Å²) >= 11 is 0. The van der Waals surface area contributed by atoms with Crippen LogP contribution in [-0.4, -0.2) is 9.72 Å². The van der Waals surface area contributed by atoms with Crippen LogP contribution < -0.4 is 5.63 Å². The Bertz CT molecular complexity index is 1230. The van der Waals surface area contributed by atoms with Crippen molar-refractivity contribution < 1.29 is 4.52 Å². The molecule has 5 rings (SSSR count). The van der Waals surface area contributed by atoms with E-state index in [1.807, 2.05) is 60.7 Å². The predicted octanol–water partition coefficient (Wildman–Crippen LogP) is 4.73. The van der Waals surface area contributed by atoms with Crippen molar-refractivity contribution in [2.45, 2.75) is 0 Å². The summed E-state index contributed by atoms with van der Waals surface area (Å²) in [6.07, 6.45) is 0. The van der Waals surface area contributed by atoms with Crippen LogP contribution in [0.15, 0.2) is 88.2 Å². The summed E-state index contributed by atoms with van der Waals surface area (Å²) in [7, 11) is 0. The van der Waals surface area contributed by atoms with Gasteiger partial charge in [0.05, 0.1) is 11.1 Å². The van der Waals surface area contributed by atoms with Crippen LogP contribution >= 0.6 is 0 Å². The van der Waals surface area contributed by atoms with Gasteiger partial charge in [0, 0.05) is 22.2 Å². The Morgan fingerprint density at radius 2 is 1.64 bits per heavy atom. The van der Waals surface area contributed by atoms with E-state index in [9.17, 15) is 4.79 Å². The van der Waals surface area contributed by atoms with E-state index in [4.69, 9.17) is 4.52 Å². The Labute approximate surface area is 142 Å². The van der Waals surface area contributed by atoms with Gasteiger partial charge in [-0.25, -0.2) is 4.79 Å². The lowest BCUT2D eigenvalue weighted by Crippen LogP contribution is -1.94. The van der Waals surface area contributed by atoms with Crippen LogP contribution in [0.4, 0.5) is 0 Å². The van der Waals surface area contributed by atoms with E-state index >= 15 is 0 Å². The second-order valence-electron chi connectivity index (χ2n) is 5.98. The molecule has 120 valence electrons. The van der Waals surface area contributed by atoms with Gasteiger partial charge in [0.2, 0.25) is 0 Å². The molecular weight excluding hydrogens is 312 g/mol. The molecule has 3 aromatic carbocycles. The van der Waals surface area contributed by atoms with Gasteiger partial charge < -0.3 is 9.51 Å². The van der Waals surface area contributed by atoms with Gasteiger partial charge in [-0.2, -0.15) is 4.74 Å². The van der Waals surface area contributed by atoms with Crippen molar-refractivity contribution in [3.63, 3.8) is 0 Å². The molecule has 0 radical (unpaired) electrons.